The largest absolute Gasteiger partial charge is 0.508 e. The van der Waals surface area contributed by atoms with Crippen LogP contribution in [0.3, 0.4) is 0 Å². The normalized spacial score (nSPS) is 11.0. The zero-order chi connectivity index (χ0) is 16.6. The summed E-state index contributed by atoms with van der Waals surface area (Å²) in [5, 5.41) is 17.3. The summed E-state index contributed by atoms with van der Waals surface area (Å²) >= 11 is 6.14. The molecule has 0 fully saturated rings. The molecule has 0 unspecified atom stereocenters. The number of nitrogens with zero attached hydrogens (tertiary/aromatic N) is 2. The molecular weight excluding hydrogens is 302 g/mol. The van der Waals surface area contributed by atoms with Crippen molar-refractivity contribution in [3.63, 3.8) is 0 Å². The molecular formula is C16H20ClN3O2. The van der Waals surface area contributed by atoms with Gasteiger partial charge >= 0.3 is 0 Å². The zero-order valence-electron chi connectivity index (χ0n) is 13.4. The van der Waals surface area contributed by atoms with Gasteiger partial charge in [0.2, 0.25) is 0 Å². The van der Waals surface area contributed by atoms with Crippen molar-refractivity contribution in [3.05, 3.63) is 39.7 Å². The summed E-state index contributed by atoms with van der Waals surface area (Å²) in [6.07, 6.45) is 0. The SMILES string of the molecule is Cc1cc(O)c(C(C)C)cc1NC(=O)c1nn(C)c(C)c1Cl. The molecule has 2 rings (SSSR count). The lowest BCUT2D eigenvalue weighted by atomic mass is 9.99. The van der Waals surface area contributed by atoms with Crippen LogP contribution < -0.4 is 5.32 Å². The standard InChI is InChI=1S/C16H20ClN3O2/c1-8(2)11-7-12(9(3)6-13(11)21)18-16(22)15-14(17)10(4)20(5)19-15/h6-8,21H,1-5H3,(H,18,22). The molecule has 2 aromatic rings. The van der Waals surface area contributed by atoms with Crippen molar-refractivity contribution < 1.29 is 9.90 Å². The highest BCUT2D eigenvalue weighted by Gasteiger charge is 2.19. The molecule has 0 spiro atoms. The van der Waals surface area contributed by atoms with Gasteiger partial charge in [0.1, 0.15) is 5.75 Å². The Morgan fingerprint density at radius 2 is 2.00 bits per heavy atom. The average Bonchev–Trinajstić information content (AvgIpc) is 2.69. The van der Waals surface area contributed by atoms with Crippen molar-refractivity contribution >= 4 is 23.2 Å². The van der Waals surface area contributed by atoms with Gasteiger partial charge in [-0.15, -0.1) is 0 Å². The number of phenolic OH excluding ortho intramolecular Hbond substituents is 1. The molecule has 0 saturated carbocycles. The van der Waals surface area contributed by atoms with E-state index >= 15 is 0 Å². The van der Waals surface area contributed by atoms with Crippen molar-refractivity contribution in [3.8, 4) is 5.75 Å². The number of amides is 1. The second-order valence-corrected chi connectivity index (χ2v) is 6.08. The molecule has 118 valence electrons. The Bertz CT molecular complexity index is 735. The third-order valence-corrected chi connectivity index (χ3v) is 4.17. The third-order valence-electron chi connectivity index (χ3n) is 3.72. The number of aromatic nitrogens is 2. The van der Waals surface area contributed by atoms with Crippen LogP contribution in [0.15, 0.2) is 12.1 Å². The molecule has 0 saturated heterocycles. The summed E-state index contributed by atoms with van der Waals surface area (Å²) in [6.45, 7) is 7.59. The fourth-order valence-electron chi connectivity index (χ4n) is 2.22. The van der Waals surface area contributed by atoms with E-state index in [4.69, 9.17) is 11.6 Å². The van der Waals surface area contributed by atoms with E-state index in [2.05, 4.69) is 10.4 Å². The van der Waals surface area contributed by atoms with Crippen molar-refractivity contribution in [2.75, 3.05) is 5.32 Å². The summed E-state index contributed by atoms with van der Waals surface area (Å²) in [5.74, 6) is 0.0198. The number of anilines is 1. The molecule has 0 bridgehead atoms. The van der Waals surface area contributed by atoms with Crippen LogP contribution in [0.4, 0.5) is 5.69 Å². The van der Waals surface area contributed by atoms with Crippen molar-refractivity contribution in [1.82, 2.24) is 9.78 Å². The lowest BCUT2D eigenvalue weighted by Gasteiger charge is -2.14. The summed E-state index contributed by atoms with van der Waals surface area (Å²) < 4.78 is 1.57. The van der Waals surface area contributed by atoms with Gasteiger partial charge in [-0.25, -0.2) is 0 Å². The monoisotopic (exact) mass is 321 g/mol. The smallest absolute Gasteiger partial charge is 0.277 e. The van der Waals surface area contributed by atoms with Crippen molar-refractivity contribution in [2.24, 2.45) is 7.05 Å². The summed E-state index contributed by atoms with van der Waals surface area (Å²) in [6, 6.07) is 3.44. The third kappa shape index (κ3) is 2.95. The Morgan fingerprint density at radius 3 is 2.50 bits per heavy atom. The van der Waals surface area contributed by atoms with Gasteiger partial charge in [-0.3, -0.25) is 9.48 Å². The predicted molar refractivity (Wildman–Crippen MR) is 87.8 cm³/mol. The highest BCUT2D eigenvalue weighted by Crippen LogP contribution is 2.31. The number of carbonyl (C=O) groups excluding carboxylic acids is 1. The topological polar surface area (TPSA) is 67.2 Å². The van der Waals surface area contributed by atoms with E-state index in [-0.39, 0.29) is 23.3 Å². The van der Waals surface area contributed by atoms with E-state index in [1.807, 2.05) is 20.8 Å². The highest BCUT2D eigenvalue weighted by molar-refractivity contribution is 6.34. The molecule has 0 aliphatic rings. The molecule has 0 aliphatic heterocycles. The molecule has 1 aromatic heterocycles. The fraction of sp³-hybridized carbons (Fsp3) is 0.375. The van der Waals surface area contributed by atoms with Crippen LogP contribution >= 0.6 is 11.6 Å². The van der Waals surface area contributed by atoms with Gasteiger partial charge in [-0.1, -0.05) is 25.4 Å². The molecule has 1 aromatic carbocycles. The number of carbonyl (C=O) groups is 1. The predicted octanol–water partition coefficient (Wildman–Crippen LogP) is 3.77. The maximum atomic E-state index is 12.4. The van der Waals surface area contributed by atoms with Crippen LogP contribution in [0.2, 0.25) is 5.02 Å². The highest BCUT2D eigenvalue weighted by atomic mass is 35.5. The van der Waals surface area contributed by atoms with E-state index in [0.29, 0.717) is 10.7 Å². The number of hydrogen-bond acceptors (Lipinski definition) is 3. The molecule has 22 heavy (non-hydrogen) atoms. The summed E-state index contributed by atoms with van der Waals surface area (Å²) in [7, 11) is 1.74. The Labute approximate surface area is 134 Å². The molecule has 0 atom stereocenters. The van der Waals surface area contributed by atoms with Crippen LogP contribution in [0, 0.1) is 13.8 Å². The number of hydrogen-bond donors (Lipinski definition) is 2. The Kier molecular flexibility index (Phi) is 4.47. The van der Waals surface area contributed by atoms with Gasteiger partial charge in [0.05, 0.1) is 10.7 Å². The van der Waals surface area contributed by atoms with E-state index in [1.165, 1.54) is 0 Å². The van der Waals surface area contributed by atoms with Gasteiger partial charge in [0, 0.05) is 12.7 Å². The van der Waals surface area contributed by atoms with E-state index in [1.54, 1.807) is 30.8 Å². The molecule has 0 aliphatic carbocycles. The number of halogens is 1. The van der Waals surface area contributed by atoms with Crippen molar-refractivity contribution in [2.45, 2.75) is 33.6 Å². The van der Waals surface area contributed by atoms with Crippen LogP contribution in [0.1, 0.15) is 47.1 Å². The number of phenols is 1. The number of aryl methyl sites for hydroxylation is 2. The number of rotatable bonds is 3. The lowest BCUT2D eigenvalue weighted by molar-refractivity contribution is 0.102. The van der Waals surface area contributed by atoms with Crippen LogP contribution in [0.25, 0.3) is 0 Å². The summed E-state index contributed by atoms with van der Waals surface area (Å²) in [5.41, 5.74) is 3.13. The van der Waals surface area contributed by atoms with Gasteiger partial charge in [-0.2, -0.15) is 5.10 Å². The molecule has 1 amide bonds. The minimum Gasteiger partial charge on any atom is -0.508 e. The van der Waals surface area contributed by atoms with Crippen LogP contribution in [0.5, 0.6) is 5.75 Å². The Balaban J connectivity index is 2.36. The second kappa shape index (κ2) is 6.01. The van der Waals surface area contributed by atoms with Crippen LogP contribution in [-0.4, -0.2) is 20.8 Å². The van der Waals surface area contributed by atoms with Gasteiger partial charge < -0.3 is 10.4 Å². The van der Waals surface area contributed by atoms with Gasteiger partial charge in [0.15, 0.2) is 5.69 Å². The number of aromatic hydroxyl groups is 1. The van der Waals surface area contributed by atoms with Crippen LogP contribution in [-0.2, 0) is 7.05 Å². The molecule has 5 nitrogen and oxygen atoms in total. The first-order valence-electron chi connectivity index (χ1n) is 7.06. The zero-order valence-corrected chi connectivity index (χ0v) is 14.1. The van der Waals surface area contributed by atoms with Crippen molar-refractivity contribution in [1.29, 1.82) is 0 Å². The maximum absolute atomic E-state index is 12.4. The second-order valence-electron chi connectivity index (χ2n) is 5.71. The lowest BCUT2D eigenvalue weighted by Crippen LogP contribution is -2.14. The molecule has 6 heteroatoms. The molecule has 0 radical (unpaired) electrons. The Morgan fingerprint density at radius 1 is 1.36 bits per heavy atom. The number of nitrogens with one attached hydrogen (secondary N) is 1. The first kappa shape index (κ1) is 16.4. The minimum absolute atomic E-state index is 0.150. The van der Waals surface area contributed by atoms with E-state index < -0.39 is 0 Å². The number of benzene rings is 1. The maximum Gasteiger partial charge on any atom is 0.277 e. The quantitative estimate of drug-likeness (QED) is 0.846. The average molecular weight is 322 g/mol. The van der Waals surface area contributed by atoms with Gasteiger partial charge in [-0.05, 0) is 43.0 Å². The fourth-order valence-corrected chi connectivity index (χ4v) is 2.46. The molecule has 1 heterocycles. The van der Waals surface area contributed by atoms with E-state index in [0.717, 1.165) is 16.8 Å². The first-order chi connectivity index (χ1) is 10.2. The Hall–Kier alpha value is -2.01. The first-order valence-corrected chi connectivity index (χ1v) is 7.44. The summed E-state index contributed by atoms with van der Waals surface area (Å²) in [4.78, 5) is 12.4. The van der Waals surface area contributed by atoms with E-state index in [9.17, 15) is 9.90 Å². The minimum atomic E-state index is -0.364. The van der Waals surface area contributed by atoms with Gasteiger partial charge in [0.25, 0.3) is 5.91 Å². The molecule has 2 N–H and O–H groups in total.